The van der Waals surface area contributed by atoms with Gasteiger partial charge in [-0.05, 0) is 77.0 Å². The van der Waals surface area contributed by atoms with E-state index in [9.17, 15) is 19.8 Å². The standard InChI is InChI=1S/C51H97NO5/c1-3-5-7-9-11-13-15-17-21-25-29-33-37-41-45-51(56)57-46-42-38-34-30-26-22-18-20-24-28-32-36-40-44-50(55)52-48(47-53)49(54)43-39-35-31-27-23-19-16-14-12-10-8-6-4-2/h15,17,20,24,48-49,53-54H,3-14,16,18-19,21-23,25-47H2,1-2H3,(H,52,55)/b17-15-,24-20-. The van der Waals surface area contributed by atoms with E-state index >= 15 is 0 Å². The largest absolute Gasteiger partial charge is 0.466 e. The van der Waals surface area contributed by atoms with E-state index in [2.05, 4.69) is 43.5 Å². The Labute approximate surface area is 354 Å². The Morgan fingerprint density at radius 3 is 1.26 bits per heavy atom. The van der Waals surface area contributed by atoms with Crippen LogP contribution in [-0.2, 0) is 14.3 Å². The van der Waals surface area contributed by atoms with E-state index in [1.165, 1.54) is 161 Å². The highest BCUT2D eigenvalue weighted by molar-refractivity contribution is 5.76. The van der Waals surface area contributed by atoms with Crippen molar-refractivity contribution in [1.82, 2.24) is 5.32 Å². The summed E-state index contributed by atoms with van der Waals surface area (Å²) >= 11 is 0. The highest BCUT2D eigenvalue weighted by Gasteiger charge is 2.20. The molecule has 6 nitrogen and oxygen atoms in total. The maximum absolute atomic E-state index is 12.4. The predicted octanol–water partition coefficient (Wildman–Crippen LogP) is 14.7. The van der Waals surface area contributed by atoms with Crippen molar-refractivity contribution in [3.05, 3.63) is 24.3 Å². The molecule has 57 heavy (non-hydrogen) atoms. The average Bonchev–Trinajstić information content (AvgIpc) is 3.21. The van der Waals surface area contributed by atoms with Crippen LogP contribution in [0.2, 0.25) is 0 Å². The first-order valence-electron chi connectivity index (χ1n) is 25.1. The molecule has 336 valence electrons. The minimum Gasteiger partial charge on any atom is -0.466 e. The van der Waals surface area contributed by atoms with Crippen molar-refractivity contribution in [2.45, 2.75) is 276 Å². The quantitative estimate of drug-likeness (QED) is 0.0324. The number of ether oxygens (including phenoxy) is 1. The molecule has 0 aromatic heterocycles. The summed E-state index contributed by atoms with van der Waals surface area (Å²) in [4.78, 5) is 24.4. The molecule has 0 aromatic carbocycles. The molecule has 0 heterocycles. The molecule has 0 aliphatic carbocycles. The Balaban J connectivity index is 3.50. The molecule has 0 saturated carbocycles. The van der Waals surface area contributed by atoms with Gasteiger partial charge in [-0.2, -0.15) is 0 Å². The van der Waals surface area contributed by atoms with Crippen LogP contribution in [0.3, 0.4) is 0 Å². The summed E-state index contributed by atoms with van der Waals surface area (Å²) in [6.07, 6.45) is 54.3. The Morgan fingerprint density at radius 2 is 0.825 bits per heavy atom. The maximum Gasteiger partial charge on any atom is 0.305 e. The number of hydrogen-bond acceptors (Lipinski definition) is 5. The highest BCUT2D eigenvalue weighted by Crippen LogP contribution is 2.15. The monoisotopic (exact) mass is 804 g/mol. The smallest absolute Gasteiger partial charge is 0.305 e. The van der Waals surface area contributed by atoms with E-state index < -0.39 is 12.1 Å². The van der Waals surface area contributed by atoms with Gasteiger partial charge in [0, 0.05) is 12.8 Å². The number of esters is 1. The molecule has 1 amide bonds. The van der Waals surface area contributed by atoms with E-state index in [4.69, 9.17) is 4.74 Å². The maximum atomic E-state index is 12.4. The number of rotatable bonds is 46. The fourth-order valence-corrected chi connectivity index (χ4v) is 7.57. The van der Waals surface area contributed by atoms with Crippen LogP contribution in [0, 0.1) is 0 Å². The minimum absolute atomic E-state index is 0.0215. The number of amides is 1. The summed E-state index contributed by atoms with van der Waals surface area (Å²) in [5.74, 6) is -0.0873. The SMILES string of the molecule is CCCCCCC/C=C\CCCCCCCC(=O)OCCCCCCCC/C=C\CCCCCC(=O)NC(CO)C(O)CCCCCCCCCCCCCCC. The van der Waals surface area contributed by atoms with Crippen molar-refractivity contribution in [2.75, 3.05) is 13.2 Å². The van der Waals surface area contributed by atoms with Gasteiger partial charge in [0.15, 0.2) is 0 Å². The number of unbranched alkanes of at least 4 members (excludes halogenated alkanes) is 31. The molecule has 3 N–H and O–H groups in total. The molecule has 6 heteroatoms. The lowest BCUT2D eigenvalue weighted by atomic mass is 10.0. The van der Waals surface area contributed by atoms with E-state index in [-0.39, 0.29) is 18.5 Å². The van der Waals surface area contributed by atoms with Gasteiger partial charge < -0.3 is 20.3 Å². The van der Waals surface area contributed by atoms with Gasteiger partial charge in [-0.3, -0.25) is 9.59 Å². The van der Waals surface area contributed by atoms with Crippen LogP contribution in [0.4, 0.5) is 0 Å². The Morgan fingerprint density at radius 1 is 0.474 bits per heavy atom. The molecule has 0 aliphatic rings. The molecule has 0 saturated heterocycles. The first-order chi connectivity index (χ1) is 28.0. The zero-order valence-electron chi connectivity index (χ0n) is 38.1. The van der Waals surface area contributed by atoms with Crippen LogP contribution >= 0.6 is 0 Å². The van der Waals surface area contributed by atoms with Crippen molar-refractivity contribution < 1.29 is 24.5 Å². The average molecular weight is 804 g/mol. The van der Waals surface area contributed by atoms with Crippen molar-refractivity contribution >= 4 is 11.9 Å². The second-order valence-electron chi connectivity index (χ2n) is 17.1. The fourth-order valence-electron chi connectivity index (χ4n) is 7.57. The summed E-state index contributed by atoms with van der Waals surface area (Å²) in [6.45, 7) is 4.89. The molecule has 0 aliphatic heterocycles. The summed E-state index contributed by atoms with van der Waals surface area (Å²) in [6, 6.07) is -0.561. The third-order valence-corrected chi connectivity index (χ3v) is 11.5. The lowest BCUT2D eigenvalue weighted by molar-refractivity contribution is -0.143. The van der Waals surface area contributed by atoms with Crippen molar-refractivity contribution in [2.24, 2.45) is 0 Å². The number of aliphatic hydroxyl groups excluding tert-OH is 2. The lowest BCUT2D eigenvalue weighted by Crippen LogP contribution is -2.45. The Kier molecular flexibility index (Phi) is 45.7. The van der Waals surface area contributed by atoms with Crippen molar-refractivity contribution in [3.8, 4) is 0 Å². The van der Waals surface area contributed by atoms with Crippen LogP contribution in [0.5, 0.6) is 0 Å². The van der Waals surface area contributed by atoms with Gasteiger partial charge in [0.05, 0.1) is 25.4 Å². The van der Waals surface area contributed by atoms with Crippen molar-refractivity contribution in [1.29, 1.82) is 0 Å². The zero-order valence-corrected chi connectivity index (χ0v) is 38.1. The second kappa shape index (κ2) is 47.0. The molecule has 2 unspecified atom stereocenters. The zero-order chi connectivity index (χ0) is 41.5. The number of hydrogen-bond donors (Lipinski definition) is 3. The first kappa shape index (κ1) is 55.3. The van der Waals surface area contributed by atoms with Gasteiger partial charge in [-0.25, -0.2) is 0 Å². The topological polar surface area (TPSA) is 95.9 Å². The number of allylic oxidation sites excluding steroid dienone is 4. The van der Waals surface area contributed by atoms with E-state index in [1.807, 2.05) is 0 Å². The summed E-state index contributed by atoms with van der Waals surface area (Å²) in [5.41, 5.74) is 0. The van der Waals surface area contributed by atoms with Gasteiger partial charge in [-0.1, -0.05) is 199 Å². The third-order valence-electron chi connectivity index (χ3n) is 11.5. The van der Waals surface area contributed by atoms with Gasteiger partial charge >= 0.3 is 5.97 Å². The summed E-state index contributed by atoms with van der Waals surface area (Å²) in [5, 5.41) is 23.1. The predicted molar refractivity (Wildman–Crippen MR) is 246 cm³/mol. The van der Waals surface area contributed by atoms with E-state index in [0.717, 1.165) is 70.6 Å². The second-order valence-corrected chi connectivity index (χ2v) is 17.1. The first-order valence-corrected chi connectivity index (χ1v) is 25.1. The van der Waals surface area contributed by atoms with Gasteiger partial charge in [0.25, 0.3) is 0 Å². The summed E-state index contributed by atoms with van der Waals surface area (Å²) in [7, 11) is 0. The molecule has 2 atom stereocenters. The van der Waals surface area contributed by atoms with Gasteiger partial charge in [-0.15, -0.1) is 0 Å². The highest BCUT2D eigenvalue weighted by atomic mass is 16.5. The fraction of sp³-hybridized carbons (Fsp3) is 0.882. The number of nitrogens with one attached hydrogen (secondary N) is 1. The molecule has 0 rings (SSSR count). The Bertz CT molecular complexity index is 889. The minimum atomic E-state index is -0.680. The normalized spacial score (nSPS) is 12.8. The molecule has 0 aromatic rings. The molecular formula is C51H97NO5. The molecular weight excluding hydrogens is 707 g/mol. The molecule has 0 radical (unpaired) electrons. The van der Waals surface area contributed by atoms with Gasteiger partial charge in [0.1, 0.15) is 0 Å². The van der Waals surface area contributed by atoms with Gasteiger partial charge in [0.2, 0.25) is 5.91 Å². The van der Waals surface area contributed by atoms with Crippen molar-refractivity contribution in [3.63, 3.8) is 0 Å². The number of carbonyl (C=O) groups excluding carboxylic acids is 2. The van der Waals surface area contributed by atoms with Crippen LogP contribution < -0.4 is 5.32 Å². The van der Waals surface area contributed by atoms with E-state index in [0.29, 0.717) is 25.9 Å². The molecule has 0 bridgehead atoms. The number of carbonyl (C=O) groups is 2. The molecule has 0 spiro atoms. The lowest BCUT2D eigenvalue weighted by Gasteiger charge is -2.22. The number of aliphatic hydroxyl groups is 2. The van der Waals surface area contributed by atoms with Crippen LogP contribution in [0.25, 0.3) is 0 Å². The van der Waals surface area contributed by atoms with Crippen LogP contribution in [-0.4, -0.2) is 47.4 Å². The van der Waals surface area contributed by atoms with Crippen LogP contribution in [0.1, 0.15) is 264 Å². The molecule has 0 fully saturated rings. The third kappa shape index (κ3) is 43.7. The summed E-state index contributed by atoms with van der Waals surface area (Å²) < 4.78 is 5.44. The Hall–Kier alpha value is -1.66. The van der Waals surface area contributed by atoms with Crippen LogP contribution in [0.15, 0.2) is 24.3 Å². The van der Waals surface area contributed by atoms with E-state index in [1.54, 1.807) is 0 Å².